The number of hydrogen-bond acceptors (Lipinski definition) is 1. The number of ether oxygens (including phenoxy) is 1. The lowest BCUT2D eigenvalue weighted by Gasteiger charge is -2.24. The molecule has 1 saturated carbocycles. The Morgan fingerprint density at radius 3 is 2.67 bits per heavy atom. The second kappa shape index (κ2) is 3.18. The van der Waals surface area contributed by atoms with Crippen molar-refractivity contribution in [3.63, 3.8) is 0 Å². The third-order valence-electron chi connectivity index (χ3n) is 1.79. The Morgan fingerprint density at radius 2 is 2.33 bits per heavy atom. The SMILES string of the molecule is CC([O])OCC1CCC1. The van der Waals surface area contributed by atoms with E-state index in [1.54, 1.807) is 6.92 Å². The van der Waals surface area contributed by atoms with Crippen molar-refractivity contribution in [3.05, 3.63) is 0 Å². The van der Waals surface area contributed by atoms with E-state index in [4.69, 9.17) is 4.74 Å². The van der Waals surface area contributed by atoms with Gasteiger partial charge in [0.1, 0.15) is 0 Å². The van der Waals surface area contributed by atoms with Crippen molar-refractivity contribution in [1.82, 2.24) is 0 Å². The molecule has 0 N–H and O–H groups in total. The van der Waals surface area contributed by atoms with Gasteiger partial charge in [-0.3, -0.25) is 0 Å². The Balaban J connectivity index is 1.91. The van der Waals surface area contributed by atoms with E-state index in [1.165, 1.54) is 19.3 Å². The molecule has 1 radical (unpaired) electrons. The molecule has 53 valence electrons. The van der Waals surface area contributed by atoms with E-state index in [0.29, 0.717) is 12.5 Å². The van der Waals surface area contributed by atoms with E-state index in [9.17, 15) is 5.11 Å². The van der Waals surface area contributed by atoms with Gasteiger partial charge in [0.05, 0.1) is 6.61 Å². The molecule has 0 spiro atoms. The number of rotatable bonds is 3. The monoisotopic (exact) mass is 129 g/mol. The first-order chi connectivity index (χ1) is 4.29. The van der Waals surface area contributed by atoms with Crippen LogP contribution >= 0.6 is 0 Å². The highest BCUT2D eigenvalue weighted by molar-refractivity contribution is 4.68. The van der Waals surface area contributed by atoms with Crippen LogP contribution in [0.15, 0.2) is 0 Å². The average molecular weight is 129 g/mol. The van der Waals surface area contributed by atoms with E-state index < -0.39 is 6.29 Å². The van der Waals surface area contributed by atoms with Crippen LogP contribution in [-0.2, 0) is 9.84 Å². The summed E-state index contributed by atoms with van der Waals surface area (Å²) in [5.41, 5.74) is 0. The minimum atomic E-state index is -0.828. The van der Waals surface area contributed by atoms with Crippen molar-refractivity contribution >= 4 is 0 Å². The number of hydrogen-bond donors (Lipinski definition) is 0. The highest BCUT2D eigenvalue weighted by Gasteiger charge is 2.17. The van der Waals surface area contributed by atoms with Crippen LogP contribution in [0.25, 0.3) is 0 Å². The fraction of sp³-hybridized carbons (Fsp3) is 1.00. The van der Waals surface area contributed by atoms with Crippen molar-refractivity contribution in [2.24, 2.45) is 5.92 Å². The second-order valence-electron chi connectivity index (χ2n) is 2.70. The normalized spacial score (nSPS) is 23.3. The van der Waals surface area contributed by atoms with Crippen molar-refractivity contribution in [2.45, 2.75) is 32.5 Å². The fourth-order valence-electron chi connectivity index (χ4n) is 0.931. The molecule has 1 fully saturated rings. The summed E-state index contributed by atoms with van der Waals surface area (Å²) >= 11 is 0. The molecule has 0 aromatic rings. The Hall–Kier alpha value is -0.0800. The van der Waals surface area contributed by atoms with Crippen LogP contribution in [0.1, 0.15) is 26.2 Å². The standard InChI is InChI=1S/C7H13O2/c1-6(8)9-5-7-3-2-4-7/h6-7H,2-5H2,1H3. The maximum atomic E-state index is 10.3. The summed E-state index contributed by atoms with van der Waals surface area (Å²) in [6.45, 7) is 2.23. The van der Waals surface area contributed by atoms with Gasteiger partial charge in [-0.2, -0.15) is 0 Å². The lowest BCUT2D eigenvalue weighted by molar-refractivity contribution is -0.140. The molecular weight excluding hydrogens is 116 g/mol. The fourth-order valence-corrected chi connectivity index (χ4v) is 0.931. The van der Waals surface area contributed by atoms with Gasteiger partial charge in [-0.1, -0.05) is 6.42 Å². The van der Waals surface area contributed by atoms with Crippen molar-refractivity contribution in [1.29, 1.82) is 0 Å². The van der Waals surface area contributed by atoms with Crippen LogP contribution < -0.4 is 0 Å². The maximum absolute atomic E-state index is 10.3. The minimum absolute atomic E-state index is 0.685. The zero-order valence-electron chi connectivity index (χ0n) is 5.80. The van der Waals surface area contributed by atoms with E-state index in [1.807, 2.05) is 0 Å². The van der Waals surface area contributed by atoms with Crippen molar-refractivity contribution in [2.75, 3.05) is 6.61 Å². The first kappa shape index (κ1) is 7.03. The summed E-state index contributed by atoms with van der Waals surface area (Å²) in [7, 11) is 0. The minimum Gasteiger partial charge on any atom is -0.350 e. The topological polar surface area (TPSA) is 29.1 Å². The summed E-state index contributed by atoms with van der Waals surface area (Å²) in [5, 5.41) is 10.3. The molecule has 0 amide bonds. The van der Waals surface area contributed by atoms with Gasteiger partial charge in [0.2, 0.25) is 0 Å². The predicted octanol–water partition coefficient (Wildman–Crippen LogP) is 1.58. The third-order valence-corrected chi connectivity index (χ3v) is 1.79. The molecule has 1 aliphatic carbocycles. The molecule has 1 aliphatic rings. The summed E-state index contributed by atoms with van der Waals surface area (Å²) in [4.78, 5) is 0. The quantitative estimate of drug-likeness (QED) is 0.532. The molecule has 1 atom stereocenters. The first-order valence-electron chi connectivity index (χ1n) is 3.56. The Bertz CT molecular complexity index is 77.0. The third kappa shape index (κ3) is 2.33. The summed E-state index contributed by atoms with van der Waals surface area (Å²) in [5.74, 6) is 0.696. The average Bonchev–Trinajstić information content (AvgIpc) is 1.60. The van der Waals surface area contributed by atoms with Gasteiger partial charge in [0.15, 0.2) is 6.29 Å². The molecule has 0 aromatic heterocycles. The molecule has 1 rings (SSSR count). The van der Waals surface area contributed by atoms with Gasteiger partial charge in [-0.15, -0.1) is 0 Å². The molecule has 9 heavy (non-hydrogen) atoms. The van der Waals surface area contributed by atoms with Crippen LogP contribution in [0, 0.1) is 5.92 Å². The lowest BCUT2D eigenvalue weighted by Crippen LogP contribution is -2.20. The molecule has 0 aromatic carbocycles. The Morgan fingerprint density at radius 1 is 1.67 bits per heavy atom. The summed E-state index contributed by atoms with van der Waals surface area (Å²) in [6.07, 6.45) is 3.01. The molecular formula is C7H13O2. The summed E-state index contributed by atoms with van der Waals surface area (Å²) in [6, 6.07) is 0. The molecule has 2 heteroatoms. The highest BCUT2D eigenvalue weighted by atomic mass is 16.6. The smallest absolute Gasteiger partial charge is 0.188 e. The molecule has 0 bridgehead atoms. The first-order valence-corrected chi connectivity index (χ1v) is 3.56. The van der Waals surface area contributed by atoms with E-state index in [2.05, 4.69) is 0 Å². The zero-order chi connectivity index (χ0) is 6.69. The molecule has 1 unspecified atom stereocenters. The van der Waals surface area contributed by atoms with E-state index >= 15 is 0 Å². The van der Waals surface area contributed by atoms with Crippen molar-refractivity contribution < 1.29 is 9.84 Å². The second-order valence-corrected chi connectivity index (χ2v) is 2.70. The highest BCUT2D eigenvalue weighted by Crippen LogP contribution is 2.26. The van der Waals surface area contributed by atoms with Crippen LogP contribution in [0.2, 0.25) is 0 Å². The van der Waals surface area contributed by atoms with E-state index in [-0.39, 0.29) is 0 Å². The van der Waals surface area contributed by atoms with Gasteiger partial charge in [0.25, 0.3) is 0 Å². The lowest BCUT2D eigenvalue weighted by atomic mass is 9.86. The van der Waals surface area contributed by atoms with Gasteiger partial charge < -0.3 is 4.74 Å². The molecule has 0 aliphatic heterocycles. The maximum Gasteiger partial charge on any atom is 0.188 e. The van der Waals surface area contributed by atoms with Crippen LogP contribution in [0.5, 0.6) is 0 Å². The molecule has 0 saturated heterocycles. The van der Waals surface area contributed by atoms with Crippen LogP contribution in [0.4, 0.5) is 0 Å². The van der Waals surface area contributed by atoms with Crippen molar-refractivity contribution in [3.8, 4) is 0 Å². The summed E-state index contributed by atoms with van der Waals surface area (Å²) < 4.78 is 4.89. The Labute approximate surface area is 55.8 Å². The van der Waals surface area contributed by atoms with Gasteiger partial charge in [-0.05, 0) is 25.7 Å². The Kier molecular flexibility index (Phi) is 2.49. The van der Waals surface area contributed by atoms with Crippen LogP contribution in [-0.4, -0.2) is 12.9 Å². The van der Waals surface area contributed by atoms with Gasteiger partial charge in [-0.25, -0.2) is 5.11 Å². The van der Waals surface area contributed by atoms with E-state index in [0.717, 1.165) is 0 Å². The molecule has 0 heterocycles. The van der Waals surface area contributed by atoms with Crippen LogP contribution in [0.3, 0.4) is 0 Å². The predicted molar refractivity (Wildman–Crippen MR) is 33.4 cm³/mol. The molecule has 2 nitrogen and oxygen atoms in total. The van der Waals surface area contributed by atoms with Gasteiger partial charge >= 0.3 is 0 Å². The largest absolute Gasteiger partial charge is 0.350 e. The van der Waals surface area contributed by atoms with Gasteiger partial charge in [0, 0.05) is 0 Å². The zero-order valence-corrected chi connectivity index (χ0v) is 5.80.